The first kappa shape index (κ1) is 12.5. The summed E-state index contributed by atoms with van der Waals surface area (Å²) in [4.78, 5) is 0. The Labute approximate surface area is 108 Å². The zero-order valence-electron chi connectivity index (χ0n) is 11.4. The molecule has 1 heterocycles. The number of nitrogen functional groups attached to an aromatic ring is 2. The van der Waals surface area contributed by atoms with E-state index in [1.165, 1.54) is 5.56 Å². The average Bonchev–Trinajstić information content (AvgIpc) is 2.63. The molecule has 1 aromatic carbocycles. The highest BCUT2D eigenvalue weighted by molar-refractivity contribution is 5.79. The van der Waals surface area contributed by atoms with E-state index in [1.54, 1.807) is 6.07 Å². The highest BCUT2D eigenvalue weighted by Crippen LogP contribution is 2.35. The molecular formula is C14H20N4. The van der Waals surface area contributed by atoms with E-state index in [1.807, 2.05) is 30.1 Å². The van der Waals surface area contributed by atoms with E-state index < -0.39 is 0 Å². The molecule has 0 atom stereocenters. The van der Waals surface area contributed by atoms with Gasteiger partial charge in [0, 0.05) is 35.7 Å². The Bertz CT molecular complexity index is 576. The molecule has 4 heteroatoms. The fraction of sp³-hybridized carbons (Fsp3) is 0.357. The maximum Gasteiger partial charge on any atom is 0.0981 e. The molecule has 0 spiro atoms. The second-order valence-corrected chi connectivity index (χ2v) is 5.66. The van der Waals surface area contributed by atoms with E-state index in [0.29, 0.717) is 11.4 Å². The fourth-order valence-corrected chi connectivity index (χ4v) is 2.02. The van der Waals surface area contributed by atoms with Crippen molar-refractivity contribution in [3.8, 4) is 11.3 Å². The standard InChI is InChI=1S/C14H20N4/c1-14(2,3)11-8-18(4)17-13(11)10-7-9(15)5-6-12(10)16/h5-8H,15-16H2,1-4H3. The monoisotopic (exact) mass is 244 g/mol. The lowest BCUT2D eigenvalue weighted by Crippen LogP contribution is -2.11. The minimum atomic E-state index is 0.0145. The van der Waals surface area contributed by atoms with Crippen LogP contribution >= 0.6 is 0 Å². The van der Waals surface area contributed by atoms with Crippen LogP contribution in [0.15, 0.2) is 24.4 Å². The lowest BCUT2D eigenvalue weighted by atomic mass is 9.85. The Morgan fingerprint density at radius 3 is 2.44 bits per heavy atom. The van der Waals surface area contributed by atoms with Crippen molar-refractivity contribution in [1.29, 1.82) is 0 Å². The van der Waals surface area contributed by atoms with Gasteiger partial charge in [-0.1, -0.05) is 20.8 Å². The van der Waals surface area contributed by atoms with Gasteiger partial charge in [-0.05, 0) is 23.6 Å². The number of anilines is 2. The Morgan fingerprint density at radius 1 is 1.17 bits per heavy atom. The first-order valence-electron chi connectivity index (χ1n) is 5.98. The summed E-state index contributed by atoms with van der Waals surface area (Å²) in [5, 5.41) is 4.53. The lowest BCUT2D eigenvalue weighted by molar-refractivity contribution is 0.590. The van der Waals surface area contributed by atoms with Crippen molar-refractivity contribution in [2.24, 2.45) is 7.05 Å². The summed E-state index contributed by atoms with van der Waals surface area (Å²) in [6.45, 7) is 6.49. The predicted octanol–water partition coefficient (Wildman–Crippen LogP) is 2.55. The van der Waals surface area contributed by atoms with Crippen molar-refractivity contribution in [3.05, 3.63) is 30.0 Å². The molecular weight excluding hydrogens is 224 g/mol. The van der Waals surface area contributed by atoms with E-state index in [2.05, 4.69) is 25.9 Å². The lowest BCUT2D eigenvalue weighted by Gasteiger charge is -2.19. The van der Waals surface area contributed by atoms with Crippen LogP contribution in [0.1, 0.15) is 26.3 Å². The van der Waals surface area contributed by atoms with Gasteiger partial charge in [0.25, 0.3) is 0 Å². The SMILES string of the molecule is Cn1cc(C(C)(C)C)c(-c2cc(N)ccc2N)n1. The van der Waals surface area contributed by atoms with Crippen molar-refractivity contribution < 1.29 is 0 Å². The highest BCUT2D eigenvalue weighted by Gasteiger charge is 2.23. The van der Waals surface area contributed by atoms with Gasteiger partial charge in [-0.25, -0.2) is 0 Å². The van der Waals surface area contributed by atoms with Gasteiger partial charge in [0.05, 0.1) is 5.69 Å². The molecule has 4 nitrogen and oxygen atoms in total. The zero-order chi connectivity index (χ0) is 13.5. The van der Waals surface area contributed by atoms with Crippen molar-refractivity contribution in [1.82, 2.24) is 9.78 Å². The second kappa shape index (κ2) is 4.05. The van der Waals surface area contributed by atoms with Crippen LogP contribution in [0.4, 0.5) is 11.4 Å². The maximum atomic E-state index is 6.04. The van der Waals surface area contributed by atoms with E-state index in [-0.39, 0.29) is 5.41 Å². The number of aryl methyl sites for hydroxylation is 1. The minimum Gasteiger partial charge on any atom is -0.399 e. The summed E-state index contributed by atoms with van der Waals surface area (Å²) in [6.07, 6.45) is 2.04. The summed E-state index contributed by atoms with van der Waals surface area (Å²) < 4.78 is 1.82. The van der Waals surface area contributed by atoms with Crippen LogP contribution < -0.4 is 11.5 Å². The zero-order valence-corrected chi connectivity index (χ0v) is 11.4. The molecule has 0 aliphatic rings. The molecule has 96 valence electrons. The Hall–Kier alpha value is -1.97. The van der Waals surface area contributed by atoms with Crippen LogP contribution in [0.25, 0.3) is 11.3 Å². The molecule has 0 radical (unpaired) electrons. The van der Waals surface area contributed by atoms with Crippen molar-refractivity contribution in [2.75, 3.05) is 11.5 Å². The highest BCUT2D eigenvalue weighted by atomic mass is 15.3. The fourth-order valence-electron chi connectivity index (χ4n) is 2.02. The molecule has 1 aromatic heterocycles. The summed E-state index contributed by atoms with van der Waals surface area (Å²) in [6, 6.07) is 5.51. The van der Waals surface area contributed by atoms with Gasteiger partial charge < -0.3 is 11.5 Å². The number of aromatic nitrogens is 2. The van der Waals surface area contributed by atoms with Crippen LogP contribution in [-0.4, -0.2) is 9.78 Å². The molecule has 0 aliphatic carbocycles. The summed E-state index contributed by atoms with van der Waals surface area (Å²) in [5.41, 5.74) is 16.3. The number of hydrogen-bond acceptors (Lipinski definition) is 3. The van der Waals surface area contributed by atoms with Gasteiger partial charge in [0.15, 0.2) is 0 Å². The summed E-state index contributed by atoms with van der Waals surface area (Å²) in [7, 11) is 1.92. The topological polar surface area (TPSA) is 69.9 Å². The Kier molecular flexibility index (Phi) is 2.81. The number of nitrogens with zero attached hydrogens (tertiary/aromatic N) is 2. The van der Waals surface area contributed by atoms with E-state index >= 15 is 0 Å². The van der Waals surface area contributed by atoms with Crippen LogP contribution in [0.5, 0.6) is 0 Å². The van der Waals surface area contributed by atoms with Crippen molar-refractivity contribution in [2.45, 2.75) is 26.2 Å². The molecule has 0 fully saturated rings. The van der Waals surface area contributed by atoms with Crippen molar-refractivity contribution in [3.63, 3.8) is 0 Å². The number of benzene rings is 1. The summed E-state index contributed by atoms with van der Waals surface area (Å²) in [5.74, 6) is 0. The van der Waals surface area contributed by atoms with Gasteiger partial charge in [-0.3, -0.25) is 4.68 Å². The molecule has 0 bridgehead atoms. The van der Waals surface area contributed by atoms with Gasteiger partial charge in [0.2, 0.25) is 0 Å². The van der Waals surface area contributed by atoms with Crippen LogP contribution in [0.3, 0.4) is 0 Å². The van der Waals surface area contributed by atoms with Crippen LogP contribution in [0, 0.1) is 0 Å². The van der Waals surface area contributed by atoms with Gasteiger partial charge in [-0.15, -0.1) is 0 Å². The van der Waals surface area contributed by atoms with Gasteiger partial charge in [0.1, 0.15) is 0 Å². The van der Waals surface area contributed by atoms with Crippen LogP contribution in [0.2, 0.25) is 0 Å². The smallest absolute Gasteiger partial charge is 0.0981 e. The number of nitrogens with two attached hydrogens (primary N) is 2. The quantitative estimate of drug-likeness (QED) is 0.757. The molecule has 2 aromatic rings. The Morgan fingerprint density at radius 2 is 1.83 bits per heavy atom. The molecule has 0 saturated carbocycles. The van der Waals surface area contributed by atoms with E-state index in [9.17, 15) is 0 Å². The normalized spacial score (nSPS) is 11.8. The minimum absolute atomic E-state index is 0.0145. The van der Waals surface area contributed by atoms with Crippen LogP contribution in [-0.2, 0) is 12.5 Å². The first-order chi connectivity index (χ1) is 8.29. The average molecular weight is 244 g/mol. The third-order valence-electron chi connectivity index (χ3n) is 2.97. The summed E-state index contributed by atoms with van der Waals surface area (Å²) >= 11 is 0. The van der Waals surface area contributed by atoms with Crippen molar-refractivity contribution >= 4 is 11.4 Å². The molecule has 0 unspecified atom stereocenters. The van der Waals surface area contributed by atoms with Gasteiger partial charge in [-0.2, -0.15) is 5.10 Å². The van der Waals surface area contributed by atoms with E-state index in [4.69, 9.17) is 11.5 Å². The third-order valence-corrected chi connectivity index (χ3v) is 2.97. The molecule has 18 heavy (non-hydrogen) atoms. The maximum absolute atomic E-state index is 6.04. The molecule has 2 rings (SSSR count). The third kappa shape index (κ3) is 2.18. The van der Waals surface area contributed by atoms with Gasteiger partial charge >= 0.3 is 0 Å². The molecule has 0 saturated heterocycles. The molecule has 0 amide bonds. The number of rotatable bonds is 1. The Balaban J connectivity index is 2.67. The first-order valence-corrected chi connectivity index (χ1v) is 5.98. The molecule has 4 N–H and O–H groups in total. The predicted molar refractivity (Wildman–Crippen MR) is 76.2 cm³/mol. The number of hydrogen-bond donors (Lipinski definition) is 2. The van der Waals surface area contributed by atoms with E-state index in [0.717, 1.165) is 11.3 Å². The largest absolute Gasteiger partial charge is 0.399 e. The second-order valence-electron chi connectivity index (χ2n) is 5.66. The molecule has 0 aliphatic heterocycles.